The molecule has 3 aliphatic rings. The molecule has 170 valence electrons. The van der Waals surface area contributed by atoms with Crippen molar-refractivity contribution in [3.63, 3.8) is 0 Å². The van der Waals surface area contributed by atoms with E-state index >= 15 is 0 Å². The number of hydrogen-bond donors (Lipinski definition) is 2. The maximum atomic E-state index is 12.9. The number of ether oxygens (including phenoxy) is 1. The van der Waals surface area contributed by atoms with Gasteiger partial charge in [-0.1, -0.05) is 32.8 Å². The highest BCUT2D eigenvalue weighted by molar-refractivity contribution is 5.88. The zero-order valence-electron chi connectivity index (χ0n) is 19.3. The third kappa shape index (κ3) is 4.00. The Morgan fingerprint density at radius 1 is 1.23 bits per heavy atom. The summed E-state index contributed by atoms with van der Waals surface area (Å²) in [7, 11) is 2.27. The van der Waals surface area contributed by atoms with Gasteiger partial charge in [0.1, 0.15) is 11.8 Å². The van der Waals surface area contributed by atoms with Crippen LogP contribution in [0, 0.1) is 11.8 Å². The van der Waals surface area contributed by atoms with Crippen LogP contribution in [0.1, 0.15) is 64.0 Å². The van der Waals surface area contributed by atoms with Crippen molar-refractivity contribution in [2.24, 2.45) is 17.6 Å². The van der Waals surface area contributed by atoms with Gasteiger partial charge < -0.3 is 20.7 Å². The lowest BCUT2D eigenvalue weighted by molar-refractivity contribution is -0.140. The average Bonchev–Trinajstić information content (AvgIpc) is 2.74. The van der Waals surface area contributed by atoms with Crippen LogP contribution in [0.5, 0.6) is 5.75 Å². The van der Waals surface area contributed by atoms with E-state index in [0.29, 0.717) is 17.7 Å². The van der Waals surface area contributed by atoms with Crippen LogP contribution in [0.2, 0.25) is 0 Å². The number of rotatable bonds is 5. The van der Waals surface area contributed by atoms with Gasteiger partial charge in [0.2, 0.25) is 5.91 Å². The van der Waals surface area contributed by atoms with E-state index in [4.69, 9.17) is 10.5 Å². The molecule has 0 aromatic heterocycles. The van der Waals surface area contributed by atoms with Gasteiger partial charge in [-0.15, -0.1) is 0 Å². The molecule has 0 spiro atoms. The van der Waals surface area contributed by atoms with Gasteiger partial charge in [-0.3, -0.25) is 4.79 Å². The maximum Gasteiger partial charge on any atom is 0.334 e. The van der Waals surface area contributed by atoms with Crippen LogP contribution in [-0.2, 0) is 21.4 Å². The first-order valence-electron chi connectivity index (χ1n) is 11.8. The number of esters is 1. The molecule has 0 radical (unpaired) electrons. The summed E-state index contributed by atoms with van der Waals surface area (Å²) >= 11 is 0. The molecule has 2 bridgehead atoms. The molecule has 1 saturated heterocycles. The predicted octanol–water partition coefficient (Wildman–Crippen LogP) is 2.77. The molecule has 1 amide bonds. The summed E-state index contributed by atoms with van der Waals surface area (Å²) in [4.78, 5) is 27.5. The van der Waals surface area contributed by atoms with Crippen LogP contribution < -0.4 is 15.8 Å². The van der Waals surface area contributed by atoms with Crippen molar-refractivity contribution in [2.75, 3.05) is 13.6 Å². The highest BCUT2D eigenvalue weighted by atomic mass is 16.5. The number of amides is 1. The van der Waals surface area contributed by atoms with Crippen LogP contribution in [0.3, 0.4) is 0 Å². The Labute approximate surface area is 185 Å². The van der Waals surface area contributed by atoms with Crippen LogP contribution in [-0.4, -0.2) is 48.5 Å². The molecule has 1 aromatic rings. The van der Waals surface area contributed by atoms with Gasteiger partial charge in [-0.05, 0) is 81.3 Å². The number of likely N-dealkylation sites (tertiary alicyclic amines) is 1. The molecule has 2 fully saturated rings. The van der Waals surface area contributed by atoms with Gasteiger partial charge >= 0.3 is 5.97 Å². The lowest BCUT2D eigenvalue weighted by Gasteiger charge is -2.58. The largest absolute Gasteiger partial charge is 0.425 e. The van der Waals surface area contributed by atoms with Crippen LogP contribution >= 0.6 is 0 Å². The number of fused-ring (bicyclic) bond motifs is 1. The minimum atomic E-state index is -0.720. The summed E-state index contributed by atoms with van der Waals surface area (Å²) in [6, 6.07) is 5.42. The molecular weight excluding hydrogens is 390 g/mol. The van der Waals surface area contributed by atoms with Crippen molar-refractivity contribution >= 4 is 11.9 Å². The fourth-order valence-corrected chi connectivity index (χ4v) is 6.20. The SMILES string of the molecule is CC(C)[C@@H](NC(=O)[C@@H](C)N)C(=O)Oc1ccc2c(c1)[C@]13CCCC[C@@H]1[C@H](C2)N(C)CC3. The third-order valence-corrected chi connectivity index (χ3v) is 7.94. The molecule has 6 heteroatoms. The Morgan fingerprint density at radius 2 is 2.00 bits per heavy atom. The summed E-state index contributed by atoms with van der Waals surface area (Å²) in [5.74, 6) is 0.401. The highest BCUT2D eigenvalue weighted by Gasteiger charge is 2.53. The Kier molecular flexibility index (Phi) is 6.14. The zero-order chi connectivity index (χ0) is 22.3. The van der Waals surface area contributed by atoms with E-state index in [0.717, 1.165) is 13.0 Å². The molecule has 31 heavy (non-hydrogen) atoms. The van der Waals surface area contributed by atoms with E-state index in [1.165, 1.54) is 43.2 Å². The van der Waals surface area contributed by atoms with Crippen molar-refractivity contribution in [2.45, 2.75) is 82.8 Å². The second-order valence-corrected chi connectivity index (χ2v) is 10.3. The van der Waals surface area contributed by atoms with Crippen molar-refractivity contribution in [3.8, 4) is 5.75 Å². The topological polar surface area (TPSA) is 84.7 Å². The number of carbonyl (C=O) groups excluding carboxylic acids is 2. The van der Waals surface area contributed by atoms with Gasteiger partial charge in [0.15, 0.2) is 0 Å². The van der Waals surface area contributed by atoms with Crippen molar-refractivity contribution in [1.29, 1.82) is 0 Å². The average molecular weight is 428 g/mol. The second kappa shape index (κ2) is 8.55. The number of nitrogens with two attached hydrogens (primary N) is 1. The minimum Gasteiger partial charge on any atom is -0.425 e. The molecule has 0 unspecified atom stereocenters. The van der Waals surface area contributed by atoms with Crippen molar-refractivity contribution < 1.29 is 14.3 Å². The Hall–Kier alpha value is -1.92. The molecular formula is C25H37N3O3. The van der Waals surface area contributed by atoms with Crippen molar-refractivity contribution in [3.05, 3.63) is 29.3 Å². The molecule has 3 N–H and O–H groups in total. The summed E-state index contributed by atoms with van der Waals surface area (Å²) < 4.78 is 5.81. The smallest absolute Gasteiger partial charge is 0.334 e. The van der Waals surface area contributed by atoms with E-state index in [-0.39, 0.29) is 17.2 Å². The number of carbonyl (C=O) groups is 2. The monoisotopic (exact) mass is 427 g/mol. The van der Waals surface area contributed by atoms with E-state index in [1.54, 1.807) is 6.92 Å². The first-order valence-corrected chi connectivity index (χ1v) is 11.8. The summed E-state index contributed by atoms with van der Waals surface area (Å²) in [6.07, 6.45) is 7.35. The van der Waals surface area contributed by atoms with E-state index in [9.17, 15) is 9.59 Å². The molecule has 6 nitrogen and oxygen atoms in total. The number of piperidine rings is 1. The fraction of sp³-hybridized carbons (Fsp3) is 0.680. The Balaban J connectivity index is 1.60. The lowest BCUT2D eigenvalue weighted by atomic mass is 9.52. The Bertz CT molecular complexity index is 852. The van der Waals surface area contributed by atoms with Crippen LogP contribution in [0.4, 0.5) is 0 Å². The normalized spacial score (nSPS) is 29.5. The van der Waals surface area contributed by atoms with Gasteiger partial charge in [-0.2, -0.15) is 0 Å². The third-order valence-electron chi connectivity index (χ3n) is 7.94. The molecule has 1 aromatic carbocycles. The first-order chi connectivity index (χ1) is 14.7. The fourth-order valence-electron chi connectivity index (χ4n) is 6.20. The number of nitrogens with zero attached hydrogens (tertiary/aromatic N) is 1. The Morgan fingerprint density at radius 3 is 2.71 bits per heavy atom. The summed E-state index contributed by atoms with van der Waals surface area (Å²) in [5, 5.41) is 2.74. The molecule has 4 rings (SSSR count). The second-order valence-electron chi connectivity index (χ2n) is 10.3. The van der Waals surface area contributed by atoms with Gasteiger partial charge in [0.05, 0.1) is 6.04 Å². The maximum absolute atomic E-state index is 12.9. The lowest BCUT2D eigenvalue weighted by Crippen LogP contribution is -2.59. The highest BCUT2D eigenvalue weighted by Crippen LogP contribution is 2.55. The van der Waals surface area contributed by atoms with E-state index in [2.05, 4.69) is 29.4 Å². The van der Waals surface area contributed by atoms with Gasteiger partial charge in [0.25, 0.3) is 0 Å². The van der Waals surface area contributed by atoms with Crippen LogP contribution in [0.25, 0.3) is 0 Å². The van der Waals surface area contributed by atoms with E-state index < -0.39 is 18.1 Å². The molecule has 2 aliphatic carbocycles. The number of likely N-dealkylation sites (N-methyl/N-ethyl adjacent to an activating group) is 1. The molecule has 1 aliphatic heterocycles. The zero-order valence-corrected chi connectivity index (χ0v) is 19.3. The van der Waals surface area contributed by atoms with Crippen LogP contribution in [0.15, 0.2) is 18.2 Å². The minimum absolute atomic E-state index is 0.0937. The van der Waals surface area contributed by atoms with Crippen molar-refractivity contribution in [1.82, 2.24) is 10.2 Å². The summed E-state index contributed by atoms with van der Waals surface area (Å²) in [6.45, 7) is 6.52. The van der Waals surface area contributed by atoms with E-state index in [1.807, 2.05) is 19.9 Å². The first kappa shape index (κ1) is 22.3. The molecule has 5 atom stereocenters. The summed E-state index contributed by atoms with van der Waals surface area (Å²) in [5.41, 5.74) is 8.68. The molecule has 1 heterocycles. The predicted molar refractivity (Wildman–Crippen MR) is 121 cm³/mol. The van der Waals surface area contributed by atoms with Gasteiger partial charge in [0, 0.05) is 11.5 Å². The molecule has 1 saturated carbocycles. The quantitative estimate of drug-likeness (QED) is 0.558. The number of nitrogens with one attached hydrogen (secondary N) is 1. The number of benzene rings is 1. The standard InChI is InChI=1S/C25H37N3O3/c1-15(2)22(27-23(29)16(3)26)24(30)31-18-9-8-17-13-21-19-7-5-6-10-25(19,20(17)14-18)11-12-28(21)4/h8-9,14-16,19,21-22H,5-7,10-13,26H2,1-4H3,(H,27,29)/t16-,19-,21+,22-,25+/m1/s1. The van der Waals surface area contributed by atoms with Gasteiger partial charge in [-0.25, -0.2) is 4.79 Å². The number of hydrogen-bond acceptors (Lipinski definition) is 5.